The number of primary amides is 1. The van der Waals surface area contributed by atoms with Crippen LogP contribution in [-0.2, 0) is 4.79 Å². The van der Waals surface area contributed by atoms with E-state index in [1.807, 2.05) is 6.92 Å². The van der Waals surface area contributed by atoms with E-state index in [2.05, 4.69) is 18.7 Å². The number of thiocarbonyl (C=S) groups is 1. The van der Waals surface area contributed by atoms with Gasteiger partial charge in [0.15, 0.2) is 0 Å². The Morgan fingerprint density at radius 2 is 1.94 bits per heavy atom. The molecule has 0 saturated heterocycles. The van der Waals surface area contributed by atoms with E-state index < -0.39 is 0 Å². The number of carbonyl (C=O) groups is 1. The molecule has 1 amide bonds. The van der Waals surface area contributed by atoms with E-state index >= 15 is 0 Å². The quantitative estimate of drug-likeness (QED) is 0.623. The van der Waals surface area contributed by atoms with E-state index in [9.17, 15) is 4.79 Å². The SMILES string of the molecule is CCC(C(N)=O)N(CCC(N)=S)CC(C)C. The van der Waals surface area contributed by atoms with Crippen LogP contribution in [-0.4, -0.2) is 34.9 Å². The molecule has 0 aliphatic rings. The van der Waals surface area contributed by atoms with Crippen molar-refractivity contribution in [1.29, 1.82) is 0 Å². The Hall–Kier alpha value is -0.680. The molecule has 0 spiro atoms. The predicted molar refractivity (Wildman–Crippen MR) is 71.1 cm³/mol. The summed E-state index contributed by atoms with van der Waals surface area (Å²) in [6.07, 6.45) is 1.35. The maximum absolute atomic E-state index is 11.3. The molecule has 1 atom stereocenters. The zero-order chi connectivity index (χ0) is 12.7. The molecule has 1 unspecified atom stereocenters. The first kappa shape index (κ1) is 15.3. The zero-order valence-electron chi connectivity index (χ0n) is 10.4. The van der Waals surface area contributed by atoms with Gasteiger partial charge in [-0.05, 0) is 12.3 Å². The molecule has 0 rings (SSSR count). The van der Waals surface area contributed by atoms with Gasteiger partial charge in [0.05, 0.1) is 11.0 Å². The van der Waals surface area contributed by atoms with Crippen molar-refractivity contribution in [2.24, 2.45) is 17.4 Å². The van der Waals surface area contributed by atoms with E-state index in [-0.39, 0.29) is 11.9 Å². The Balaban J connectivity index is 4.49. The minimum atomic E-state index is -0.272. The third-order valence-electron chi connectivity index (χ3n) is 2.40. The smallest absolute Gasteiger partial charge is 0.234 e. The van der Waals surface area contributed by atoms with Crippen LogP contribution in [0.4, 0.5) is 0 Å². The first-order chi connectivity index (χ1) is 7.38. The molecule has 0 heterocycles. The monoisotopic (exact) mass is 245 g/mol. The van der Waals surface area contributed by atoms with Crippen molar-refractivity contribution in [2.45, 2.75) is 39.7 Å². The first-order valence-electron chi connectivity index (χ1n) is 5.70. The highest BCUT2D eigenvalue weighted by molar-refractivity contribution is 7.80. The van der Waals surface area contributed by atoms with Gasteiger partial charge in [-0.3, -0.25) is 9.69 Å². The number of nitrogens with two attached hydrogens (primary N) is 2. The van der Waals surface area contributed by atoms with Gasteiger partial charge in [-0.2, -0.15) is 0 Å². The summed E-state index contributed by atoms with van der Waals surface area (Å²) in [5.41, 5.74) is 10.9. The highest BCUT2D eigenvalue weighted by Crippen LogP contribution is 2.08. The summed E-state index contributed by atoms with van der Waals surface area (Å²) >= 11 is 4.85. The molecule has 0 aromatic carbocycles. The third-order valence-corrected chi connectivity index (χ3v) is 2.61. The molecule has 0 radical (unpaired) electrons. The molecule has 16 heavy (non-hydrogen) atoms. The summed E-state index contributed by atoms with van der Waals surface area (Å²) < 4.78 is 0. The van der Waals surface area contributed by atoms with Crippen LogP contribution in [0.15, 0.2) is 0 Å². The van der Waals surface area contributed by atoms with Crippen molar-refractivity contribution in [1.82, 2.24) is 4.90 Å². The van der Waals surface area contributed by atoms with Crippen LogP contribution in [0.3, 0.4) is 0 Å². The van der Waals surface area contributed by atoms with Gasteiger partial charge < -0.3 is 11.5 Å². The van der Waals surface area contributed by atoms with Crippen LogP contribution in [0.2, 0.25) is 0 Å². The topological polar surface area (TPSA) is 72.4 Å². The summed E-state index contributed by atoms with van der Waals surface area (Å²) in [7, 11) is 0. The molecule has 0 bridgehead atoms. The average Bonchev–Trinajstić information content (AvgIpc) is 2.13. The minimum absolute atomic E-state index is 0.211. The molecule has 0 aliphatic carbocycles. The van der Waals surface area contributed by atoms with Crippen LogP contribution >= 0.6 is 12.2 Å². The Bertz CT molecular complexity index is 243. The summed E-state index contributed by atoms with van der Waals surface area (Å²) in [6.45, 7) is 7.73. The van der Waals surface area contributed by atoms with Gasteiger partial charge in [-0.1, -0.05) is 33.0 Å². The van der Waals surface area contributed by atoms with Crippen molar-refractivity contribution in [2.75, 3.05) is 13.1 Å². The van der Waals surface area contributed by atoms with Crippen LogP contribution < -0.4 is 11.5 Å². The first-order valence-corrected chi connectivity index (χ1v) is 6.11. The normalized spacial score (nSPS) is 13.1. The molecule has 5 heteroatoms. The molecule has 0 saturated carbocycles. The maximum atomic E-state index is 11.3. The van der Waals surface area contributed by atoms with E-state index in [1.54, 1.807) is 0 Å². The van der Waals surface area contributed by atoms with Crippen molar-refractivity contribution in [3.05, 3.63) is 0 Å². The lowest BCUT2D eigenvalue weighted by Crippen LogP contribution is -2.46. The van der Waals surface area contributed by atoms with Gasteiger partial charge >= 0.3 is 0 Å². The zero-order valence-corrected chi connectivity index (χ0v) is 11.2. The summed E-state index contributed by atoms with van der Waals surface area (Å²) in [4.78, 5) is 13.9. The number of amides is 1. The average molecular weight is 245 g/mol. The van der Waals surface area contributed by atoms with Crippen LogP contribution in [0.5, 0.6) is 0 Å². The number of hydrogen-bond donors (Lipinski definition) is 2. The molecule has 94 valence electrons. The summed E-state index contributed by atoms with van der Waals surface area (Å²) in [6, 6.07) is -0.211. The second kappa shape index (κ2) is 7.57. The van der Waals surface area contributed by atoms with Crippen LogP contribution in [0.25, 0.3) is 0 Å². The molecular weight excluding hydrogens is 222 g/mol. The minimum Gasteiger partial charge on any atom is -0.393 e. The Morgan fingerprint density at radius 1 is 1.38 bits per heavy atom. The fourth-order valence-corrected chi connectivity index (χ4v) is 1.83. The predicted octanol–water partition coefficient (Wildman–Crippen LogP) is 0.884. The van der Waals surface area contributed by atoms with Crippen molar-refractivity contribution >= 4 is 23.1 Å². The lowest BCUT2D eigenvalue weighted by molar-refractivity contribution is -0.123. The summed E-state index contributed by atoms with van der Waals surface area (Å²) in [5, 5.41) is 0. The highest BCUT2D eigenvalue weighted by atomic mass is 32.1. The second-order valence-electron chi connectivity index (χ2n) is 4.43. The van der Waals surface area contributed by atoms with Gasteiger partial charge in [0.2, 0.25) is 5.91 Å². The van der Waals surface area contributed by atoms with Crippen molar-refractivity contribution in [3.8, 4) is 0 Å². The molecule has 0 aromatic rings. The van der Waals surface area contributed by atoms with Gasteiger partial charge in [-0.15, -0.1) is 0 Å². The van der Waals surface area contributed by atoms with Crippen molar-refractivity contribution < 1.29 is 4.79 Å². The fourth-order valence-electron chi connectivity index (χ4n) is 1.74. The number of nitrogens with zero attached hydrogens (tertiary/aromatic N) is 1. The molecule has 0 aliphatic heterocycles. The lowest BCUT2D eigenvalue weighted by Gasteiger charge is -2.30. The standard InChI is InChI=1S/C11H23N3OS/c1-4-9(11(13)15)14(7-8(2)3)6-5-10(12)16/h8-9H,4-7H2,1-3H3,(H2,12,16)(H2,13,15). The largest absolute Gasteiger partial charge is 0.393 e. The second-order valence-corrected chi connectivity index (χ2v) is 4.96. The maximum Gasteiger partial charge on any atom is 0.234 e. The molecular formula is C11H23N3OS. The Morgan fingerprint density at radius 3 is 2.25 bits per heavy atom. The molecule has 4 nitrogen and oxygen atoms in total. The van der Waals surface area contributed by atoms with E-state index in [0.29, 0.717) is 23.9 Å². The molecule has 0 aromatic heterocycles. The number of rotatable bonds is 8. The Labute approximate surface area is 103 Å². The fraction of sp³-hybridized carbons (Fsp3) is 0.818. The van der Waals surface area contributed by atoms with E-state index in [0.717, 1.165) is 13.0 Å². The van der Waals surface area contributed by atoms with E-state index in [4.69, 9.17) is 23.7 Å². The third kappa shape index (κ3) is 6.02. The number of carbonyl (C=O) groups excluding carboxylic acids is 1. The summed E-state index contributed by atoms with van der Waals surface area (Å²) in [5.74, 6) is 0.214. The highest BCUT2D eigenvalue weighted by Gasteiger charge is 2.22. The number of hydrogen-bond acceptors (Lipinski definition) is 3. The molecule has 0 fully saturated rings. The van der Waals surface area contributed by atoms with Gasteiger partial charge in [0.25, 0.3) is 0 Å². The molecule has 4 N–H and O–H groups in total. The lowest BCUT2D eigenvalue weighted by atomic mass is 10.1. The van der Waals surface area contributed by atoms with E-state index in [1.165, 1.54) is 0 Å². The van der Waals surface area contributed by atoms with Gasteiger partial charge in [0, 0.05) is 19.5 Å². The van der Waals surface area contributed by atoms with Crippen molar-refractivity contribution in [3.63, 3.8) is 0 Å². The van der Waals surface area contributed by atoms with Gasteiger partial charge in [-0.25, -0.2) is 0 Å². The van der Waals surface area contributed by atoms with Crippen LogP contribution in [0, 0.1) is 5.92 Å². The van der Waals surface area contributed by atoms with Gasteiger partial charge in [0.1, 0.15) is 0 Å². The van der Waals surface area contributed by atoms with Crippen LogP contribution in [0.1, 0.15) is 33.6 Å². The Kier molecular flexibility index (Phi) is 7.25.